The first-order chi connectivity index (χ1) is 12.1. The number of unbranched alkanes of at least 4 members (excludes halogenated alkanes) is 3. The minimum absolute atomic E-state index is 0.0771. The average Bonchev–Trinajstić information content (AvgIpc) is 2.67. The summed E-state index contributed by atoms with van der Waals surface area (Å²) in [6.07, 6.45) is 8.90. The summed E-state index contributed by atoms with van der Waals surface area (Å²) in [5.74, 6) is 0.427. The first-order valence-corrected chi connectivity index (χ1v) is 9.39. The Balaban J connectivity index is 1.82. The van der Waals surface area contributed by atoms with Crippen LogP contribution in [0.2, 0.25) is 0 Å². The molecule has 0 saturated heterocycles. The average molecular weight is 343 g/mol. The number of nitrogens with zero attached hydrogens (tertiary/aromatic N) is 1. The number of carbonyl (C=O) groups excluding carboxylic acids is 1. The number of hydrogen-bond acceptors (Lipinski definition) is 4. The van der Waals surface area contributed by atoms with E-state index in [0.717, 1.165) is 44.3 Å². The van der Waals surface area contributed by atoms with Crippen molar-refractivity contribution in [2.45, 2.75) is 70.8 Å². The van der Waals surface area contributed by atoms with Crippen molar-refractivity contribution in [3.05, 3.63) is 29.8 Å². The van der Waals surface area contributed by atoms with Crippen LogP contribution in [0.3, 0.4) is 0 Å². The van der Waals surface area contributed by atoms with Gasteiger partial charge in [-0.2, -0.15) is 5.26 Å². The molecule has 25 heavy (non-hydrogen) atoms. The van der Waals surface area contributed by atoms with Crippen LogP contribution >= 0.6 is 0 Å². The van der Waals surface area contributed by atoms with E-state index in [1.807, 2.05) is 0 Å². The molecule has 0 N–H and O–H groups in total. The number of ether oxygens (including phenoxy) is 2. The highest BCUT2D eigenvalue weighted by molar-refractivity contribution is 5.89. The summed E-state index contributed by atoms with van der Waals surface area (Å²) in [5, 5.41) is 9.62. The van der Waals surface area contributed by atoms with Crippen LogP contribution in [0.25, 0.3) is 0 Å². The molecule has 0 amide bonds. The summed E-state index contributed by atoms with van der Waals surface area (Å²) in [7, 11) is 1.60. The minimum atomic E-state index is -0.292. The van der Waals surface area contributed by atoms with Gasteiger partial charge in [0.25, 0.3) is 0 Å². The van der Waals surface area contributed by atoms with Crippen molar-refractivity contribution < 1.29 is 14.3 Å². The molecule has 0 atom stereocenters. The predicted molar refractivity (Wildman–Crippen MR) is 97.5 cm³/mol. The largest absolute Gasteiger partial charge is 0.497 e. The lowest BCUT2D eigenvalue weighted by Gasteiger charge is -2.34. The lowest BCUT2D eigenvalue weighted by Crippen LogP contribution is -2.31. The molecule has 1 aromatic rings. The van der Waals surface area contributed by atoms with Crippen LogP contribution in [0, 0.1) is 16.7 Å². The summed E-state index contributed by atoms with van der Waals surface area (Å²) in [4.78, 5) is 12.3. The van der Waals surface area contributed by atoms with Gasteiger partial charge in [-0.1, -0.05) is 32.6 Å². The molecule has 1 aromatic carbocycles. The summed E-state index contributed by atoms with van der Waals surface area (Å²) >= 11 is 0. The van der Waals surface area contributed by atoms with Gasteiger partial charge in [0.1, 0.15) is 11.9 Å². The Morgan fingerprint density at radius 3 is 2.44 bits per heavy atom. The quantitative estimate of drug-likeness (QED) is 0.476. The third-order valence-electron chi connectivity index (χ3n) is 5.24. The Hall–Kier alpha value is -2.02. The number of esters is 1. The van der Waals surface area contributed by atoms with Crippen LogP contribution in [0.1, 0.15) is 75.1 Å². The smallest absolute Gasteiger partial charge is 0.338 e. The van der Waals surface area contributed by atoms with Crippen molar-refractivity contribution in [3.8, 4) is 11.8 Å². The lowest BCUT2D eigenvalue weighted by atomic mass is 9.71. The Bertz CT molecular complexity index is 580. The molecular weight excluding hydrogens is 314 g/mol. The van der Waals surface area contributed by atoms with Gasteiger partial charge < -0.3 is 9.47 Å². The van der Waals surface area contributed by atoms with Crippen LogP contribution in [-0.2, 0) is 4.74 Å². The number of rotatable bonds is 8. The highest BCUT2D eigenvalue weighted by Crippen LogP contribution is 2.41. The van der Waals surface area contributed by atoms with Gasteiger partial charge >= 0.3 is 5.97 Å². The van der Waals surface area contributed by atoms with E-state index < -0.39 is 0 Å². The van der Waals surface area contributed by atoms with Gasteiger partial charge in [0.15, 0.2) is 0 Å². The molecule has 0 spiro atoms. The van der Waals surface area contributed by atoms with Crippen LogP contribution in [0.5, 0.6) is 5.75 Å². The van der Waals surface area contributed by atoms with Gasteiger partial charge in [0.2, 0.25) is 0 Å². The molecule has 1 fully saturated rings. The fraction of sp³-hybridized carbons (Fsp3) is 0.619. The number of nitriles is 1. The van der Waals surface area contributed by atoms with Gasteiger partial charge in [-0.15, -0.1) is 0 Å². The monoisotopic (exact) mass is 343 g/mol. The van der Waals surface area contributed by atoms with Crippen molar-refractivity contribution in [1.29, 1.82) is 5.26 Å². The number of carbonyl (C=O) groups is 1. The topological polar surface area (TPSA) is 59.3 Å². The van der Waals surface area contributed by atoms with E-state index in [4.69, 9.17) is 9.47 Å². The maximum absolute atomic E-state index is 12.3. The summed E-state index contributed by atoms with van der Waals surface area (Å²) < 4.78 is 10.7. The van der Waals surface area contributed by atoms with Gasteiger partial charge in [0, 0.05) is 0 Å². The number of hydrogen-bond donors (Lipinski definition) is 0. The molecular formula is C21H29NO3. The van der Waals surface area contributed by atoms with Gasteiger partial charge in [0.05, 0.1) is 24.2 Å². The van der Waals surface area contributed by atoms with E-state index in [1.165, 1.54) is 19.3 Å². The molecule has 0 aliphatic heterocycles. The molecule has 0 unspecified atom stereocenters. The van der Waals surface area contributed by atoms with Crippen molar-refractivity contribution in [2.24, 2.45) is 5.41 Å². The zero-order valence-electron chi connectivity index (χ0n) is 15.4. The lowest BCUT2D eigenvalue weighted by molar-refractivity contribution is 0.0105. The van der Waals surface area contributed by atoms with Crippen LogP contribution in [-0.4, -0.2) is 19.2 Å². The first kappa shape index (κ1) is 19.3. The molecule has 0 bridgehead atoms. The van der Waals surface area contributed by atoms with Crippen LogP contribution in [0.15, 0.2) is 24.3 Å². The third kappa shape index (κ3) is 5.49. The number of benzene rings is 1. The highest BCUT2D eigenvalue weighted by Gasteiger charge is 2.36. The summed E-state index contributed by atoms with van der Waals surface area (Å²) in [5.41, 5.74) is 0.328. The second-order valence-corrected chi connectivity index (χ2v) is 7.04. The van der Waals surface area contributed by atoms with E-state index in [0.29, 0.717) is 5.56 Å². The zero-order valence-corrected chi connectivity index (χ0v) is 15.4. The Kier molecular flexibility index (Phi) is 7.31. The fourth-order valence-corrected chi connectivity index (χ4v) is 3.52. The molecule has 1 aliphatic rings. The molecule has 2 rings (SSSR count). The Morgan fingerprint density at radius 2 is 1.88 bits per heavy atom. The molecule has 4 nitrogen and oxygen atoms in total. The second kappa shape index (κ2) is 9.46. The number of methoxy groups -OCH3 is 1. The highest BCUT2D eigenvalue weighted by atomic mass is 16.5. The molecule has 0 heterocycles. The van der Waals surface area contributed by atoms with E-state index in [2.05, 4.69) is 13.0 Å². The third-order valence-corrected chi connectivity index (χ3v) is 5.24. The molecule has 4 heteroatoms. The molecule has 136 valence electrons. The first-order valence-electron chi connectivity index (χ1n) is 9.39. The van der Waals surface area contributed by atoms with E-state index in [9.17, 15) is 10.1 Å². The van der Waals surface area contributed by atoms with Crippen LogP contribution < -0.4 is 4.74 Å². The van der Waals surface area contributed by atoms with Gasteiger partial charge in [-0.05, 0) is 56.4 Å². The van der Waals surface area contributed by atoms with Crippen molar-refractivity contribution in [2.75, 3.05) is 7.11 Å². The van der Waals surface area contributed by atoms with E-state index in [-0.39, 0.29) is 17.5 Å². The molecule has 0 aromatic heterocycles. The normalized spacial score (nSPS) is 22.8. The predicted octanol–water partition coefficient (Wildman–Crippen LogP) is 5.27. The van der Waals surface area contributed by atoms with E-state index >= 15 is 0 Å². The SMILES string of the molecule is CCCCCC[C@]1(C#N)CC[C@H](OC(=O)c2ccc(OC)cc2)CC1. The van der Waals surface area contributed by atoms with Gasteiger partial charge in [-0.25, -0.2) is 4.79 Å². The fourth-order valence-electron chi connectivity index (χ4n) is 3.52. The molecule has 1 saturated carbocycles. The zero-order chi connectivity index (χ0) is 18.1. The van der Waals surface area contributed by atoms with E-state index in [1.54, 1.807) is 31.4 Å². The van der Waals surface area contributed by atoms with Gasteiger partial charge in [-0.3, -0.25) is 0 Å². The summed E-state index contributed by atoms with van der Waals surface area (Å²) in [6.45, 7) is 2.20. The van der Waals surface area contributed by atoms with Crippen molar-refractivity contribution in [1.82, 2.24) is 0 Å². The second-order valence-electron chi connectivity index (χ2n) is 7.04. The molecule has 1 aliphatic carbocycles. The maximum Gasteiger partial charge on any atom is 0.338 e. The maximum atomic E-state index is 12.3. The standard InChI is InChI=1S/C21H29NO3/c1-3-4-5-6-13-21(16-22)14-11-19(12-15-21)25-20(23)17-7-9-18(24-2)10-8-17/h7-10,19H,3-6,11-15H2,1-2H3/t19-,21-. The minimum Gasteiger partial charge on any atom is -0.497 e. The molecule has 0 radical (unpaired) electrons. The Labute approximate surface area is 151 Å². The Morgan fingerprint density at radius 1 is 1.20 bits per heavy atom. The van der Waals surface area contributed by atoms with Crippen molar-refractivity contribution >= 4 is 5.97 Å². The summed E-state index contributed by atoms with van der Waals surface area (Å²) in [6, 6.07) is 9.51. The van der Waals surface area contributed by atoms with Crippen molar-refractivity contribution in [3.63, 3.8) is 0 Å². The van der Waals surface area contributed by atoms with Crippen LogP contribution in [0.4, 0.5) is 0 Å².